The molecule has 1 aromatic heterocycles. The summed E-state index contributed by atoms with van der Waals surface area (Å²) in [5, 5.41) is 14.0. The molecule has 10 heteroatoms. The fourth-order valence-corrected chi connectivity index (χ4v) is 3.81. The highest BCUT2D eigenvalue weighted by Gasteiger charge is 2.21. The first-order valence-corrected chi connectivity index (χ1v) is 11.7. The number of anilines is 1. The molecule has 178 valence electrons. The van der Waals surface area contributed by atoms with Gasteiger partial charge in [0, 0.05) is 18.3 Å². The van der Waals surface area contributed by atoms with Crippen LogP contribution in [0.4, 0.5) is 5.69 Å². The number of benzene rings is 2. The van der Waals surface area contributed by atoms with E-state index in [0.717, 1.165) is 5.56 Å². The smallest absolute Gasteiger partial charge is 0.308 e. The van der Waals surface area contributed by atoms with Crippen molar-refractivity contribution in [3.05, 3.63) is 72.1 Å². The highest BCUT2D eigenvalue weighted by Crippen LogP contribution is 2.20. The lowest BCUT2D eigenvalue weighted by Gasteiger charge is -2.19. The summed E-state index contributed by atoms with van der Waals surface area (Å²) in [4.78, 5) is 37.6. The number of ether oxygens (including phenoxy) is 1. The molecule has 0 spiro atoms. The first kappa shape index (κ1) is 25.0. The summed E-state index contributed by atoms with van der Waals surface area (Å²) < 4.78 is 6.99. The third kappa shape index (κ3) is 7.45. The van der Waals surface area contributed by atoms with Crippen LogP contribution in [0.25, 0.3) is 0 Å². The second kappa shape index (κ2) is 12.0. The monoisotopic (exact) mass is 481 g/mol. The number of amides is 2. The Bertz CT molecular complexity index is 1130. The molecule has 1 unspecified atom stereocenters. The third-order valence-corrected chi connectivity index (χ3v) is 5.69. The van der Waals surface area contributed by atoms with Gasteiger partial charge in [0.25, 0.3) is 5.91 Å². The van der Waals surface area contributed by atoms with Crippen LogP contribution in [0, 0.1) is 0 Å². The topological polar surface area (TPSA) is 115 Å². The minimum Gasteiger partial charge on any atom is -0.463 e. The molecule has 0 saturated heterocycles. The van der Waals surface area contributed by atoms with E-state index in [1.807, 2.05) is 30.3 Å². The van der Waals surface area contributed by atoms with Crippen LogP contribution >= 0.6 is 11.8 Å². The van der Waals surface area contributed by atoms with Crippen LogP contribution in [0.1, 0.15) is 42.2 Å². The standard InChI is InChI=1S/C24H27N5O4S/c1-16(2)33-22(31)13-20(17-8-5-4-6-9-17)27-23(32)18-10-7-11-19(12-18)26-21(30)14-34-24-28-25-15-29(24)3/h4-12,15-16,20H,13-14H2,1-3H3,(H,26,30)(H,27,32). The molecule has 0 aliphatic heterocycles. The van der Waals surface area contributed by atoms with Crippen molar-refractivity contribution in [2.75, 3.05) is 11.1 Å². The van der Waals surface area contributed by atoms with Gasteiger partial charge in [-0.3, -0.25) is 14.4 Å². The van der Waals surface area contributed by atoms with Gasteiger partial charge < -0.3 is 19.9 Å². The molecule has 34 heavy (non-hydrogen) atoms. The van der Waals surface area contributed by atoms with E-state index < -0.39 is 12.0 Å². The van der Waals surface area contributed by atoms with Crippen molar-refractivity contribution < 1.29 is 19.1 Å². The summed E-state index contributed by atoms with van der Waals surface area (Å²) in [6.07, 6.45) is 1.32. The molecular weight excluding hydrogens is 454 g/mol. The summed E-state index contributed by atoms with van der Waals surface area (Å²) in [6.45, 7) is 3.55. The van der Waals surface area contributed by atoms with Crippen LogP contribution in [0.3, 0.4) is 0 Å². The van der Waals surface area contributed by atoms with Gasteiger partial charge in [-0.1, -0.05) is 48.2 Å². The number of hydrogen-bond donors (Lipinski definition) is 2. The number of esters is 1. The van der Waals surface area contributed by atoms with Crippen LogP contribution in [0.15, 0.2) is 66.1 Å². The molecular formula is C24H27N5O4S. The van der Waals surface area contributed by atoms with Crippen molar-refractivity contribution in [3.63, 3.8) is 0 Å². The first-order chi connectivity index (χ1) is 16.3. The number of aryl methyl sites for hydroxylation is 1. The van der Waals surface area contributed by atoms with Crippen LogP contribution < -0.4 is 10.6 Å². The molecule has 0 bridgehead atoms. The first-order valence-electron chi connectivity index (χ1n) is 10.7. The molecule has 9 nitrogen and oxygen atoms in total. The van der Waals surface area contributed by atoms with Crippen molar-refractivity contribution in [2.24, 2.45) is 7.05 Å². The molecule has 0 aliphatic rings. The maximum Gasteiger partial charge on any atom is 0.308 e. The molecule has 3 aromatic rings. The normalized spacial score (nSPS) is 11.6. The minimum absolute atomic E-state index is 0.00360. The van der Waals surface area contributed by atoms with Crippen LogP contribution in [0.2, 0.25) is 0 Å². The SMILES string of the molecule is CC(C)OC(=O)CC(NC(=O)c1cccc(NC(=O)CSc2nncn2C)c1)c1ccccc1. The van der Waals surface area contributed by atoms with Gasteiger partial charge in [0.05, 0.1) is 24.3 Å². The van der Waals surface area contributed by atoms with Gasteiger partial charge >= 0.3 is 5.97 Å². The second-order valence-corrected chi connectivity index (χ2v) is 8.76. The molecule has 0 radical (unpaired) electrons. The van der Waals surface area contributed by atoms with E-state index in [-0.39, 0.29) is 30.1 Å². The Morgan fingerprint density at radius 2 is 1.85 bits per heavy atom. The van der Waals surface area contributed by atoms with Gasteiger partial charge in [-0.05, 0) is 37.6 Å². The van der Waals surface area contributed by atoms with Crippen LogP contribution in [-0.2, 0) is 21.4 Å². The maximum atomic E-state index is 13.0. The Hall–Kier alpha value is -3.66. The van der Waals surface area contributed by atoms with E-state index in [2.05, 4.69) is 20.8 Å². The largest absolute Gasteiger partial charge is 0.463 e. The van der Waals surface area contributed by atoms with E-state index in [9.17, 15) is 14.4 Å². The molecule has 2 amide bonds. The zero-order valence-electron chi connectivity index (χ0n) is 19.2. The van der Waals surface area contributed by atoms with E-state index >= 15 is 0 Å². The van der Waals surface area contributed by atoms with Gasteiger partial charge in [-0.25, -0.2) is 0 Å². The number of aromatic nitrogens is 3. The molecule has 0 fully saturated rings. The zero-order chi connectivity index (χ0) is 24.5. The highest BCUT2D eigenvalue weighted by molar-refractivity contribution is 7.99. The quantitative estimate of drug-likeness (QED) is 0.337. The van der Waals surface area contributed by atoms with Crippen molar-refractivity contribution in [1.29, 1.82) is 0 Å². The van der Waals surface area contributed by atoms with Crippen molar-refractivity contribution in [1.82, 2.24) is 20.1 Å². The maximum absolute atomic E-state index is 13.0. The predicted octanol–water partition coefficient (Wildman–Crippen LogP) is 3.36. The Kier molecular flexibility index (Phi) is 8.80. The summed E-state index contributed by atoms with van der Waals surface area (Å²) in [5.74, 6) is -0.845. The van der Waals surface area contributed by atoms with E-state index in [0.29, 0.717) is 16.4 Å². The molecule has 1 heterocycles. The Morgan fingerprint density at radius 3 is 2.53 bits per heavy atom. The van der Waals surface area contributed by atoms with E-state index in [1.54, 1.807) is 56.1 Å². The number of thioether (sulfide) groups is 1. The predicted molar refractivity (Wildman–Crippen MR) is 129 cm³/mol. The zero-order valence-corrected chi connectivity index (χ0v) is 20.0. The summed E-state index contributed by atoms with van der Waals surface area (Å²) >= 11 is 1.26. The average molecular weight is 482 g/mol. The lowest BCUT2D eigenvalue weighted by Crippen LogP contribution is -2.31. The fourth-order valence-electron chi connectivity index (χ4n) is 3.13. The molecule has 0 aliphatic carbocycles. The fraction of sp³-hybridized carbons (Fsp3) is 0.292. The molecule has 0 saturated carbocycles. The Morgan fingerprint density at radius 1 is 1.09 bits per heavy atom. The highest BCUT2D eigenvalue weighted by atomic mass is 32.2. The van der Waals surface area contributed by atoms with E-state index in [1.165, 1.54) is 11.8 Å². The van der Waals surface area contributed by atoms with Gasteiger partial charge in [0.2, 0.25) is 5.91 Å². The van der Waals surface area contributed by atoms with E-state index in [4.69, 9.17) is 4.74 Å². The number of carbonyl (C=O) groups excluding carboxylic acids is 3. The average Bonchev–Trinajstić information content (AvgIpc) is 3.22. The molecule has 3 rings (SSSR count). The van der Waals surface area contributed by atoms with Gasteiger partial charge in [-0.15, -0.1) is 10.2 Å². The van der Waals surface area contributed by atoms with Gasteiger partial charge in [-0.2, -0.15) is 0 Å². The summed E-state index contributed by atoms with van der Waals surface area (Å²) in [6, 6.07) is 15.3. The Labute approximate surface area is 202 Å². The van der Waals surface area contributed by atoms with Gasteiger partial charge in [0.15, 0.2) is 5.16 Å². The van der Waals surface area contributed by atoms with Crippen LogP contribution in [-0.4, -0.2) is 44.4 Å². The van der Waals surface area contributed by atoms with Crippen molar-refractivity contribution >= 4 is 35.2 Å². The van der Waals surface area contributed by atoms with Gasteiger partial charge in [0.1, 0.15) is 6.33 Å². The second-order valence-electron chi connectivity index (χ2n) is 7.82. The lowest BCUT2D eigenvalue weighted by atomic mass is 10.0. The summed E-state index contributed by atoms with van der Waals surface area (Å²) in [7, 11) is 1.80. The number of nitrogens with zero attached hydrogens (tertiary/aromatic N) is 3. The minimum atomic E-state index is -0.555. The summed E-state index contributed by atoms with van der Waals surface area (Å²) in [5.41, 5.74) is 1.64. The molecule has 1 atom stereocenters. The number of hydrogen-bond acceptors (Lipinski definition) is 7. The Balaban J connectivity index is 1.65. The van der Waals surface area contributed by atoms with Crippen molar-refractivity contribution in [3.8, 4) is 0 Å². The molecule has 2 N–H and O–H groups in total. The number of carbonyl (C=O) groups is 3. The third-order valence-electron chi connectivity index (χ3n) is 4.66. The lowest BCUT2D eigenvalue weighted by molar-refractivity contribution is -0.148. The van der Waals surface area contributed by atoms with Crippen LogP contribution in [0.5, 0.6) is 0 Å². The molecule has 2 aromatic carbocycles. The number of rotatable bonds is 10. The van der Waals surface area contributed by atoms with Crippen molar-refractivity contribution in [2.45, 2.75) is 37.6 Å². The number of nitrogens with one attached hydrogen (secondary N) is 2.